The molecule has 6 heteroatoms. The first kappa shape index (κ1) is 18.2. The predicted octanol–water partition coefficient (Wildman–Crippen LogP) is 1.98. The Bertz CT molecular complexity index is 774. The average Bonchev–Trinajstić information content (AvgIpc) is 2.59. The van der Waals surface area contributed by atoms with Crippen LogP contribution in [0, 0.1) is 0 Å². The smallest absolute Gasteiger partial charge is 0.220 e. The fourth-order valence-electron chi connectivity index (χ4n) is 2.31. The average molecular weight is 346 g/mol. The van der Waals surface area contributed by atoms with Crippen molar-refractivity contribution in [2.45, 2.75) is 25.1 Å². The largest absolute Gasteiger partial charge is 0.352 e. The van der Waals surface area contributed by atoms with E-state index in [1.54, 1.807) is 18.2 Å². The van der Waals surface area contributed by atoms with Gasteiger partial charge in [-0.3, -0.25) is 4.79 Å². The fraction of sp³-hybridized carbons (Fsp3) is 0.278. The molecular weight excluding hydrogens is 324 g/mol. The molecule has 0 fully saturated rings. The van der Waals surface area contributed by atoms with Crippen LogP contribution in [0.5, 0.6) is 0 Å². The van der Waals surface area contributed by atoms with Crippen LogP contribution in [0.1, 0.15) is 23.1 Å². The van der Waals surface area contributed by atoms with Gasteiger partial charge in [-0.05, 0) is 30.2 Å². The Hall–Kier alpha value is -2.18. The van der Waals surface area contributed by atoms with Crippen molar-refractivity contribution in [3.8, 4) is 0 Å². The van der Waals surface area contributed by atoms with E-state index in [0.29, 0.717) is 24.9 Å². The number of carbonyl (C=O) groups excluding carboxylic acids is 1. The van der Waals surface area contributed by atoms with Gasteiger partial charge in [0.05, 0.1) is 5.75 Å². The Morgan fingerprint density at radius 3 is 2.33 bits per heavy atom. The second-order valence-corrected chi connectivity index (χ2v) is 7.47. The molecule has 0 spiro atoms. The third kappa shape index (κ3) is 6.14. The third-order valence-electron chi connectivity index (χ3n) is 3.63. The molecule has 0 aliphatic carbocycles. The summed E-state index contributed by atoms with van der Waals surface area (Å²) in [7, 11) is -1.90. The summed E-state index contributed by atoms with van der Waals surface area (Å²) in [4.78, 5) is 11.9. The molecule has 2 aromatic rings. The maximum atomic E-state index is 11.9. The SMILES string of the molecule is CNS(=O)(=O)Cc1cccc(CNC(=O)CCc2ccccc2)c1. The molecule has 0 unspecified atom stereocenters. The van der Waals surface area contributed by atoms with E-state index in [4.69, 9.17) is 0 Å². The van der Waals surface area contributed by atoms with E-state index in [-0.39, 0.29) is 11.7 Å². The number of rotatable bonds is 8. The molecular formula is C18H22N2O3S. The summed E-state index contributed by atoms with van der Waals surface area (Å²) in [6.45, 7) is 0.390. The highest BCUT2D eigenvalue weighted by Crippen LogP contribution is 2.09. The van der Waals surface area contributed by atoms with Crippen LogP contribution >= 0.6 is 0 Å². The molecule has 0 radical (unpaired) electrons. The van der Waals surface area contributed by atoms with Crippen LogP contribution in [-0.2, 0) is 33.5 Å². The molecule has 2 rings (SSSR count). The summed E-state index contributed by atoms with van der Waals surface area (Å²) in [6.07, 6.45) is 1.13. The molecule has 0 heterocycles. The lowest BCUT2D eigenvalue weighted by atomic mass is 10.1. The first-order valence-electron chi connectivity index (χ1n) is 7.78. The monoisotopic (exact) mass is 346 g/mol. The molecule has 2 aromatic carbocycles. The lowest BCUT2D eigenvalue weighted by Gasteiger charge is -2.08. The van der Waals surface area contributed by atoms with Crippen LogP contribution in [0.3, 0.4) is 0 Å². The van der Waals surface area contributed by atoms with Gasteiger partial charge >= 0.3 is 0 Å². The van der Waals surface area contributed by atoms with Crippen molar-refractivity contribution in [1.29, 1.82) is 0 Å². The van der Waals surface area contributed by atoms with E-state index in [2.05, 4.69) is 10.0 Å². The van der Waals surface area contributed by atoms with E-state index in [0.717, 1.165) is 11.1 Å². The Labute approximate surface area is 143 Å². The predicted molar refractivity (Wildman–Crippen MR) is 94.7 cm³/mol. The number of aryl methyl sites for hydroxylation is 1. The van der Waals surface area contributed by atoms with E-state index in [1.807, 2.05) is 36.4 Å². The van der Waals surface area contributed by atoms with Crippen LogP contribution in [0.2, 0.25) is 0 Å². The van der Waals surface area contributed by atoms with Crippen molar-refractivity contribution >= 4 is 15.9 Å². The highest BCUT2D eigenvalue weighted by molar-refractivity contribution is 7.88. The number of hydrogen-bond acceptors (Lipinski definition) is 3. The van der Waals surface area contributed by atoms with Gasteiger partial charge in [0.2, 0.25) is 15.9 Å². The number of sulfonamides is 1. The third-order valence-corrected chi connectivity index (χ3v) is 4.97. The van der Waals surface area contributed by atoms with Crippen molar-refractivity contribution in [1.82, 2.24) is 10.0 Å². The molecule has 0 aromatic heterocycles. The standard InChI is InChI=1S/C18H22N2O3S/c1-19-24(22,23)14-17-9-5-8-16(12-17)13-20-18(21)11-10-15-6-3-2-4-7-15/h2-9,12,19H,10-11,13-14H2,1H3,(H,20,21). The molecule has 0 saturated heterocycles. The van der Waals surface area contributed by atoms with Crippen molar-refractivity contribution in [3.63, 3.8) is 0 Å². The van der Waals surface area contributed by atoms with E-state index in [1.165, 1.54) is 7.05 Å². The maximum Gasteiger partial charge on any atom is 0.220 e. The molecule has 128 valence electrons. The van der Waals surface area contributed by atoms with Gasteiger partial charge in [-0.2, -0.15) is 0 Å². The van der Waals surface area contributed by atoms with E-state index in [9.17, 15) is 13.2 Å². The van der Waals surface area contributed by atoms with Crippen molar-refractivity contribution in [3.05, 3.63) is 71.3 Å². The minimum atomic E-state index is -3.30. The van der Waals surface area contributed by atoms with Gasteiger partial charge in [-0.25, -0.2) is 13.1 Å². The zero-order valence-corrected chi connectivity index (χ0v) is 14.5. The minimum absolute atomic E-state index is 0.0212. The Kier molecular flexibility index (Phi) is 6.52. The second kappa shape index (κ2) is 8.61. The molecule has 1 amide bonds. The zero-order chi connectivity index (χ0) is 17.4. The van der Waals surface area contributed by atoms with Gasteiger partial charge in [0.15, 0.2) is 0 Å². The van der Waals surface area contributed by atoms with Crippen LogP contribution in [-0.4, -0.2) is 21.4 Å². The molecule has 0 saturated carbocycles. The molecule has 0 bridgehead atoms. The number of hydrogen-bond donors (Lipinski definition) is 2. The molecule has 5 nitrogen and oxygen atoms in total. The van der Waals surface area contributed by atoms with Gasteiger partial charge in [0.1, 0.15) is 0 Å². The topological polar surface area (TPSA) is 75.3 Å². The van der Waals surface area contributed by atoms with Crippen molar-refractivity contribution in [2.75, 3.05) is 7.05 Å². The summed E-state index contributed by atoms with van der Waals surface area (Å²) in [5.41, 5.74) is 2.71. The molecule has 0 aliphatic heterocycles. The molecule has 0 aliphatic rings. The minimum Gasteiger partial charge on any atom is -0.352 e. The lowest BCUT2D eigenvalue weighted by Crippen LogP contribution is -2.23. The van der Waals surface area contributed by atoms with Gasteiger partial charge in [-0.1, -0.05) is 54.6 Å². The Morgan fingerprint density at radius 1 is 0.958 bits per heavy atom. The van der Waals surface area contributed by atoms with Gasteiger partial charge < -0.3 is 5.32 Å². The Morgan fingerprint density at radius 2 is 1.62 bits per heavy atom. The first-order valence-corrected chi connectivity index (χ1v) is 9.43. The highest BCUT2D eigenvalue weighted by Gasteiger charge is 2.09. The van der Waals surface area contributed by atoms with Gasteiger partial charge in [-0.15, -0.1) is 0 Å². The van der Waals surface area contributed by atoms with Gasteiger partial charge in [0.25, 0.3) is 0 Å². The van der Waals surface area contributed by atoms with Crippen LogP contribution in [0.15, 0.2) is 54.6 Å². The van der Waals surface area contributed by atoms with Crippen molar-refractivity contribution < 1.29 is 13.2 Å². The number of amides is 1. The van der Waals surface area contributed by atoms with Crippen molar-refractivity contribution in [2.24, 2.45) is 0 Å². The van der Waals surface area contributed by atoms with E-state index < -0.39 is 10.0 Å². The maximum absolute atomic E-state index is 11.9. The van der Waals surface area contributed by atoms with Crippen LogP contribution in [0.25, 0.3) is 0 Å². The second-order valence-electron chi connectivity index (χ2n) is 5.55. The summed E-state index contributed by atoms with van der Waals surface area (Å²) < 4.78 is 25.5. The molecule has 24 heavy (non-hydrogen) atoms. The molecule has 0 atom stereocenters. The fourth-order valence-corrected chi connectivity index (χ4v) is 3.08. The summed E-state index contributed by atoms with van der Waals surface area (Å²) in [6, 6.07) is 17.1. The van der Waals surface area contributed by atoms with E-state index >= 15 is 0 Å². The quantitative estimate of drug-likeness (QED) is 0.767. The lowest BCUT2D eigenvalue weighted by molar-refractivity contribution is -0.121. The summed E-state index contributed by atoms with van der Waals surface area (Å²) >= 11 is 0. The summed E-state index contributed by atoms with van der Waals surface area (Å²) in [5.74, 6) is -0.0913. The number of nitrogens with one attached hydrogen (secondary N) is 2. The number of carbonyl (C=O) groups is 1. The highest BCUT2D eigenvalue weighted by atomic mass is 32.2. The van der Waals surface area contributed by atoms with Crippen LogP contribution < -0.4 is 10.0 Å². The Balaban J connectivity index is 1.84. The van der Waals surface area contributed by atoms with Gasteiger partial charge in [0, 0.05) is 13.0 Å². The van der Waals surface area contributed by atoms with Crippen LogP contribution in [0.4, 0.5) is 0 Å². The summed E-state index contributed by atoms with van der Waals surface area (Å²) in [5, 5.41) is 2.87. The number of benzene rings is 2. The molecule has 2 N–H and O–H groups in total. The first-order chi connectivity index (χ1) is 11.5. The normalized spacial score (nSPS) is 11.2. The zero-order valence-electron chi connectivity index (χ0n) is 13.7.